The number of amides is 2. The van der Waals surface area contributed by atoms with Crippen LogP contribution in [0.4, 0.5) is 10.5 Å². The molecule has 1 aliphatic heterocycles. The molecule has 1 aliphatic carbocycles. The summed E-state index contributed by atoms with van der Waals surface area (Å²) in [7, 11) is 0. The van der Waals surface area contributed by atoms with E-state index in [1.165, 1.54) is 0 Å². The minimum atomic E-state index is -0.927. The predicted octanol–water partition coefficient (Wildman–Crippen LogP) is 5.55. The van der Waals surface area contributed by atoms with E-state index >= 15 is 0 Å². The van der Waals surface area contributed by atoms with Crippen molar-refractivity contribution >= 4 is 23.7 Å². The molecule has 0 saturated carbocycles. The number of anilines is 1. The third-order valence-electron chi connectivity index (χ3n) is 8.94. The van der Waals surface area contributed by atoms with Gasteiger partial charge in [0, 0.05) is 37.3 Å². The van der Waals surface area contributed by atoms with Crippen LogP contribution in [0.2, 0.25) is 0 Å². The van der Waals surface area contributed by atoms with E-state index in [2.05, 4.69) is 48.3 Å². The van der Waals surface area contributed by atoms with Crippen LogP contribution in [0.3, 0.4) is 0 Å². The van der Waals surface area contributed by atoms with Crippen LogP contribution in [0.5, 0.6) is 0 Å². The largest absolute Gasteiger partial charge is 0.481 e. The molecule has 8 heteroatoms. The van der Waals surface area contributed by atoms with E-state index in [1.54, 1.807) is 4.90 Å². The standard InChI is InChI=1S/C35H41N3O5/c1-23(2)37-17-18-38(32(39)20-37)25-15-13-24(14-16-25)19-31(33(40)41)35(3,4)22-36-34(42)43-21-30-28-11-7-5-9-26(28)27-10-6-8-12-29(27)30/h5-16,23,30-31H,17-22H2,1-4H3,(H,36,42)(H,40,41)/t31-/m1/s1. The lowest BCUT2D eigenvalue weighted by atomic mass is 9.75. The Labute approximate surface area is 253 Å². The highest BCUT2D eigenvalue weighted by Crippen LogP contribution is 2.44. The molecule has 0 radical (unpaired) electrons. The molecule has 0 aromatic heterocycles. The zero-order valence-electron chi connectivity index (χ0n) is 25.4. The first-order valence-corrected chi connectivity index (χ1v) is 15.0. The second kappa shape index (κ2) is 12.6. The monoisotopic (exact) mass is 583 g/mol. The van der Waals surface area contributed by atoms with Crippen molar-refractivity contribution in [2.45, 2.75) is 46.1 Å². The van der Waals surface area contributed by atoms with Gasteiger partial charge in [0.05, 0.1) is 12.5 Å². The highest BCUT2D eigenvalue weighted by molar-refractivity contribution is 5.95. The number of fused-ring (bicyclic) bond motifs is 3. The quantitative estimate of drug-likeness (QED) is 0.325. The van der Waals surface area contributed by atoms with Gasteiger partial charge in [-0.15, -0.1) is 0 Å². The van der Waals surface area contributed by atoms with E-state index in [0.29, 0.717) is 25.6 Å². The van der Waals surface area contributed by atoms with Crippen molar-refractivity contribution in [1.82, 2.24) is 10.2 Å². The van der Waals surface area contributed by atoms with E-state index < -0.39 is 23.4 Å². The average Bonchev–Trinajstić information content (AvgIpc) is 3.31. The third-order valence-corrected chi connectivity index (χ3v) is 8.94. The van der Waals surface area contributed by atoms with Crippen molar-refractivity contribution < 1.29 is 24.2 Å². The molecule has 2 N–H and O–H groups in total. The van der Waals surface area contributed by atoms with Crippen molar-refractivity contribution in [3.8, 4) is 11.1 Å². The molecular formula is C35H41N3O5. The van der Waals surface area contributed by atoms with Gasteiger partial charge in [-0.05, 0) is 65.6 Å². The van der Waals surface area contributed by atoms with E-state index in [4.69, 9.17) is 4.74 Å². The fourth-order valence-electron chi connectivity index (χ4n) is 6.22. The molecule has 1 atom stereocenters. The molecule has 0 bridgehead atoms. The molecule has 226 valence electrons. The Morgan fingerprint density at radius 3 is 2.12 bits per heavy atom. The number of carbonyl (C=O) groups excluding carboxylic acids is 2. The van der Waals surface area contributed by atoms with E-state index in [9.17, 15) is 19.5 Å². The number of carbonyl (C=O) groups is 3. The Morgan fingerprint density at radius 1 is 0.953 bits per heavy atom. The lowest BCUT2D eigenvalue weighted by Crippen LogP contribution is -2.52. The van der Waals surface area contributed by atoms with Crippen LogP contribution in [0.1, 0.15) is 50.3 Å². The molecule has 43 heavy (non-hydrogen) atoms. The Hall–Kier alpha value is -4.17. The number of nitrogens with zero attached hydrogens (tertiary/aromatic N) is 2. The first kappa shape index (κ1) is 30.3. The molecule has 2 aliphatic rings. The van der Waals surface area contributed by atoms with Crippen LogP contribution in [0.15, 0.2) is 72.8 Å². The smallest absolute Gasteiger partial charge is 0.407 e. The van der Waals surface area contributed by atoms with E-state index in [1.807, 2.05) is 62.4 Å². The van der Waals surface area contributed by atoms with E-state index in [0.717, 1.165) is 40.0 Å². The first-order chi connectivity index (χ1) is 20.5. The molecule has 5 rings (SSSR count). The van der Waals surface area contributed by atoms with Crippen LogP contribution in [-0.4, -0.2) is 66.8 Å². The minimum absolute atomic E-state index is 0.0460. The van der Waals surface area contributed by atoms with Gasteiger partial charge in [-0.25, -0.2) is 4.79 Å². The van der Waals surface area contributed by atoms with Crippen molar-refractivity contribution in [3.05, 3.63) is 89.5 Å². The number of rotatable bonds is 10. The number of carboxylic acids is 1. The number of hydrogen-bond donors (Lipinski definition) is 2. The van der Waals surface area contributed by atoms with Crippen LogP contribution in [0, 0.1) is 11.3 Å². The molecule has 0 unspecified atom stereocenters. The molecular weight excluding hydrogens is 542 g/mol. The molecule has 0 spiro atoms. The Bertz CT molecular complexity index is 1440. The molecule has 8 nitrogen and oxygen atoms in total. The second-order valence-electron chi connectivity index (χ2n) is 12.5. The first-order valence-electron chi connectivity index (χ1n) is 15.0. The van der Waals surface area contributed by atoms with Crippen molar-refractivity contribution in [1.29, 1.82) is 0 Å². The number of aliphatic carboxylic acids is 1. The highest BCUT2D eigenvalue weighted by Gasteiger charge is 2.36. The van der Waals surface area contributed by atoms with Gasteiger partial charge < -0.3 is 20.1 Å². The molecule has 2 amide bonds. The topological polar surface area (TPSA) is 99.2 Å². The number of piperazine rings is 1. The highest BCUT2D eigenvalue weighted by atomic mass is 16.5. The number of carboxylic acid groups (broad SMARTS) is 1. The zero-order chi connectivity index (χ0) is 30.7. The summed E-state index contributed by atoms with van der Waals surface area (Å²) in [4.78, 5) is 41.8. The summed E-state index contributed by atoms with van der Waals surface area (Å²) in [5.41, 5.74) is 5.52. The number of hydrogen-bond acceptors (Lipinski definition) is 5. The summed E-state index contributed by atoms with van der Waals surface area (Å²) in [5, 5.41) is 12.9. The Kier molecular flexibility index (Phi) is 8.87. The van der Waals surface area contributed by atoms with Gasteiger partial charge in [0.25, 0.3) is 0 Å². The fraction of sp³-hybridized carbons (Fsp3) is 0.400. The SMILES string of the molecule is CC(C)N1CCN(c2ccc(C[C@H](C(=O)O)C(C)(C)CNC(=O)OCC3c4ccccc4-c4ccccc43)cc2)C(=O)C1. The van der Waals surface area contributed by atoms with E-state index in [-0.39, 0.29) is 25.0 Å². The lowest BCUT2D eigenvalue weighted by molar-refractivity contribution is -0.145. The van der Waals surface area contributed by atoms with Crippen LogP contribution < -0.4 is 10.2 Å². The van der Waals surface area contributed by atoms with Crippen molar-refractivity contribution in [2.24, 2.45) is 11.3 Å². The maximum atomic E-state index is 12.8. The Balaban J connectivity index is 1.17. The second-order valence-corrected chi connectivity index (χ2v) is 12.5. The summed E-state index contributed by atoms with van der Waals surface area (Å²) < 4.78 is 5.66. The van der Waals surface area contributed by atoms with Crippen LogP contribution >= 0.6 is 0 Å². The summed E-state index contributed by atoms with van der Waals surface area (Å²) in [5.74, 6) is -1.65. The van der Waals surface area contributed by atoms with Gasteiger partial charge in [0.2, 0.25) is 5.91 Å². The number of benzene rings is 3. The van der Waals surface area contributed by atoms with Gasteiger partial charge >= 0.3 is 12.1 Å². The van der Waals surface area contributed by atoms with Gasteiger partial charge in [0.15, 0.2) is 0 Å². The van der Waals surface area contributed by atoms with Crippen molar-refractivity contribution in [3.63, 3.8) is 0 Å². The summed E-state index contributed by atoms with van der Waals surface area (Å²) in [6.07, 6.45) is -0.269. The molecule has 1 heterocycles. The number of alkyl carbamates (subject to hydrolysis) is 1. The minimum Gasteiger partial charge on any atom is -0.481 e. The van der Waals surface area contributed by atoms with Gasteiger partial charge in [0.1, 0.15) is 6.61 Å². The summed E-state index contributed by atoms with van der Waals surface area (Å²) in [6, 6.07) is 24.2. The van der Waals surface area contributed by atoms with Gasteiger partial charge in [-0.1, -0.05) is 74.5 Å². The zero-order valence-corrected chi connectivity index (χ0v) is 25.4. The summed E-state index contributed by atoms with van der Waals surface area (Å²) in [6.45, 7) is 10.0. The lowest BCUT2D eigenvalue weighted by Gasteiger charge is -2.36. The number of ether oxygens (including phenoxy) is 1. The van der Waals surface area contributed by atoms with Crippen LogP contribution in [-0.2, 0) is 20.7 Å². The fourth-order valence-corrected chi connectivity index (χ4v) is 6.22. The molecule has 3 aromatic rings. The molecule has 1 fully saturated rings. The average molecular weight is 584 g/mol. The maximum absolute atomic E-state index is 12.8. The Morgan fingerprint density at radius 2 is 1.56 bits per heavy atom. The van der Waals surface area contributed by atoms with Crippen molar-refractivity contribution in [2.75, 3.05) is 37.7 Å². The normalized spacial score (nSPS) is 16.1. The maximum Gasteiger partial charge on any atom is 0.407 e. The van der Waals surface area contributed by atoms with Gasteiger partial charge in [-0.2, -0.15) is 0 Å². The predicted molar refractivity (Wildman–Crippen MR) is 167 cm³/mol. The van der Waals surface area contributed by atoms with Crippen LogP contribution in [0.25, 0.3) is 11.1 Å². The van der Waals surface area contributed by atoms with Gasteiger partial charge in [-0.3, -0.25) is 14.5 Å². The molecule has 1 saturated heterocycles. The molecule has 3 aromatic carbocycles. The third kappa shape index (κ3) is 6.59. The summed E-state index contributed by atoms with van der Waals surface area (Å²) >= 11 is 0. The number of nitrogens with one attached hydrogen (secondary N) is 1.